The molecule has 19 heavy (non-hydrogen) atoms. The molecule has 0 aromatic carbocycles. The van der Waals surface area contributed by atoms with E-state index in [1.54, 1.807) is 0 Å². The number of hydrogen-bond donors (Lipinski definition) is 2. The van der Waals surface area contributed by atoms with Crippen molar-refractivity contribution in [3.63, 3.8) is 0 Å². The van der Waals surface area contributed by atoms with Crippen LogP contribution in [0.4, 0.5) is 0 Å². The molecule has 2 rings (SSSR count). The first kappa shape index (κ1) is 14.2. The molecule has 0 spiro atoms. The van der Waals surface area contributed by atoms with E-state index in [1.807, 2.05) is 0 Å². The van der Waals surface area contributed by atoms with Crippen LogP contribution in [0.15, 0.2) is 0 Å². The van der Waals surface area contributed by atoms with Gasteiger partial charge in [-0.2, -0.15) is 0 Å². The van der Waals surface area contributed by atoms with Crippen LogP contribution in [0.3, 0.4) is 0 Å². The number of nitrogens with one attached hydrogen (secondary N) is 1. The quantitative estimate of drug-likeness (QED) is 0.621. The summed E-state index contributed by atoms with van der Waals surface area (Å²) in [6, 6.07) is -0.567. The average Bonchev–Trinajstić information content (AvgIpc) is 2.74. The Bertz CT molecular complexity index is 389. The second-order valence-corrected chi connectivity index (χ2v) is 4.63. The molecule has 8 heteroatoms. The fourth-order valence-corrected chi connectivity index (χ4v) is 2.66. The van der Waals surface area contributed by atoms with E-state index in [0.29, 0.717) is 0 Å². The molecule has 0 aliphatic carbocycles. The normalized spacial score (nSPS) is 41.0. The molecule has 2 bridgehead atoms. The summed E-state index contributed by atoms with van der Waals surface area (Å²) in [7, 11) is 2.89. The molecule has 2 saturated heterocycles. The van der Waals surface area contributed by atoms with Gasteiger partial charge >= 0.3 is 0 Å². The first-order valence-electron chi connectivity index (χ1n) is 5.88. The van der Waals surface area contributed by atoms with Gasteiger partial charge in [0.25, 0.3) is 5.91 Å². The SMILES string of the molecule is CO[C@@H]1[C@@H](NC(C)=O)[C@H]2OC[C@](C(N)=O)(O2)[C@@H]1OC. The Balaban J connectivity index is 2.34. The second kappa shape index (κ2) is 5.04. The number of ether oxygens (including phenoxy) is 4. The van der Waals surface area contributed by atoms with Crippen LogP contribution in [0.25, 0.3) is 0 Å². The van der Waals surface area contributed by atoms with Crippen LogP contribution in [-0.4, -0.2) is 62.8 Å². The van der Waals surface area contributed by atoms with Crippen LogP contribution in [0, 0.1) is 0 Å². The lowest BCUT2D eigenvalue weighted by Gasteiger charge is -2.44. The highest BCUT2D eigenvalue weighted by atomic mass is 16.8. The lowest BCUT2D eigenvalue weighted by atomic mass is 9.87. The van der Waals surface area contributed by atoms with Gasteiger partial charge < -0.3 is 30.0 Å². The predicted octanol–water partition coefficient (Wildman–Crippen LogP) is -1.87. The van der Waals surface area contributed by atoms with Crippen molar-refractivity contribution in [3.8, 4) is 0 Å². The smallest absolute Gasteiger partial charge is 0.255 e. The summed E-state index contributed by atoms with van der Waals surface area (Å²) in [6.45, 7) is 1.35. The Morgan fingerprint density at radius 1 is 1.37 bits per heavy atom. The Morgan fingerprint density at radius 2 is 2.05 bits per heavy atom. The fourth-order valence-electron chi connectivity index (χ4n) is 2.66. The number of rotatable bonds is 4. The lowest BCUT2D eigenvalue weighted by molar-refractivity contribution is -0.232. The van der Waals surface area contributed by atoms with Gasteiger partial charge in [0, 0.05) is 21.1 Å². The second-order valence-electron chi connectivity index (χ2n) is 4.63. The number of primary amides is 1. The minimum atomic E-state index is -1.38. The largest absolute Gasteiger partial charge is 0.376 e. The molecule has 0 radical (unpaired) electrons. The molecule has 0 saturated carbocycles. The van der Waals surface area contributed by atoms with Crippen LogP contribution < -0.4 is 11.1 Å². The Hall–Kier alpha value is -1.22. The third kappa shape index (κ3) is 2.10. The number of methoxy groups -OCH3 is 2. The highest BCUT2D eigenvalue weighted by Crippen LogP contribution is 2.39. The first-order valence-corrected chi connectivity index (χ1v) is 5.88. The van der Waals surface area contributed by atoms with E-state index >= 15 is 0 Å². The van der Waals surface area contributed by atoms with Crippen LogP contribution in [0.5, 0.6) is 0 Å². The monoisotopic (exact) mass is 274 g/mol. The number of fused-ring (bicyclic) bond motifs is 2. The lowest BCUT2D eigenvalue weighted by Crippen LogP contribution is -2.69. The van der Waals surface area contributed by atoms with Crippen molar-refractivity contribution >= 4 is 11.8 Å². The molecular weight excluding hydrogens is 256 g/mol. The highest BCUT2D eigenvalue weighted by molar-refractivity contribution is 5.85. The van der Waals surface area contributed by atoms with Gasteiger partial charge in [-0.15, -0.1) is 0 Å². The Morgan fingerprint density at radius 3 is 2.53 bits per heavy atom. The van der Waals surface area contributed by atoms with E-state index in [-0.39, 0.29) is 12.5 Å². The molecule has 2 fully saturated rings. The molecule has 0 aromatic heterocycles. The number of carbonyl (C=O) groups excluding carboxylic acids is 2. The van der Waals surface area contributed by atoms with Crippen LogP contribution in [0.1, 0.15) is 6.92 Å². The van der Waals surface area contributed by atoms with Gasteiger partial charge in [-0.3, -0.25) is 9.59 Å². The summed E-state index contributed by atoms with van der Waals surface area (Å²) >= 11 is 0. The highest BCUT2D eigenvalue weighted by Gasteiger charge is 2.64. The third-order valence-corrected chi connectivity index (χ3v) is 3.51. The van der Waals surface area contributed by atoms with Crippen molar-refractivity contribution in [1.29, 1.82) is 0 Å². The van der Waals surface area contributed by atoms with Crippen LogP contribution >= 0.6 is 0 Å². The third-order valence-electron chi connectivity index (χ3n) is 3.51. The fraction of sp³-hybridized carbons (Fsp3) is 0.818. The van der Waals surface area contributed by atoms with E-state index in [2.05, 4.69) is 5.32 Å². The molecule has 8 nitrogen and oxygen atoms in total. The summed E-state index contributed by atoms with van der Waals surface area (Å²) in [5.41, 5.74) is 4.02. The maximum Gasteiger partial charge on any atom is 0.255 e. The van der Waals surface area contributed by atoms with Crippen LogP contribution in [0.2, 0.25) is 0 Å². The summed E-state index contributed by atoms with van der Waals surface area (Å²) < 4.78 is 21.7. The van der Waals surface area contributed by atoms with E-state index in [1.165, 1.54) is 21.1 Å². The van der Waals surface area contributed by atoms with Gasteiger partial charge in [-0.25, -0.2) is 0 Å². The Kier molecular flexibility index (Phi) is 3.77. The van der Waals surface area contributed by atoms with Crippen molar-refractivity contribution < 1.29 is 28.5 Å². The van der Waals surface area contributed by atoms with Gasteiger partial charge in [-0.1, -0.05) is 0 Å². The van der Waals surface area contributed by atoms with Gasteiger partial charge in [0.15, 0.2) is 6.29 Å². The van der Waals surface area contributed by atoms with Gasteiger partial charge in [-0.05, 0) is 0 Å². The minimum Gasteiger partial charge on any atom is -0.376 e. The summed E-state index contributed by atoms with van der Waals surface area (Å²) in [6.07, 6.45) is -2.14. The van der Waals surface area contributed by atoms with E-state index < -0.39 is 36.0 Å². The zero-order chi connectivity index (χ0) is 14.2. The number of amides is 2. The molecule has 108 valence electrons. The maximum atomic E-state index is 11.7. The van der Waals surface area contributed by atoms with E-state index in [4.69, 9.17) is 24.7 Å². The van der Waals surface area contributed by atoms with Crippen molar-refractivity contribution in [1.82, 2.24) is 5.32 Å². The Labute approximate surface area is 110 Å². The van der Waals surface area contributed by atoms with Crippen molar-refractivity contribution in [2.45, 2.75) is 37.1 Å². The summed E-state index contributed by atoms with van der Waals surface area (Å²) in [5, 5.41) is 2.68. The van der Waals surface area contributed by atoms with Crippen LogP contribution in [-0.2, 0) is 28.5 Å². The van der Waals surface area contributed by atoms with Gasteiger partial charge in [0.1, 0.15) is 18.2 Å². The summed E-state index contributed by atoms with van der Waals surface area (Å²) in [5.74, 6) is -0.933. The van der Waals surface area contributed by atoms with E-state index in [9.17, 15) is 9.59 Å². The predicted molar refractivity (Wildman–Crippen MR) is 61.9 cm³/mol. The molecule has 0 aromatic rings. The summed E-state index contributed by atoms with van der Waals surface area (Å²) in [4.78, 5) is 22.9. The molecule has 2 aliphatic rings. The molecule has 2 heterocycles. The zero-order valence-corrected chi connectivity index (χ0v) is 11.0. The first-order chi connectivity index (χ1) is 8.96. The molecule has 5 atom stereocenters. The zero-order valence-electron chi connectivity index (χ0n) is 11.0. The van der Waals surface area contributed by atoms with Crippen molar-refractivity contribution in [2.75, 3.05) is 20.8 Å². The van der Waals surface area contributed by atoms with Crippen molar-refractivity contribution in [2.24, 2.45) is 5.73 Å². The minimum absolute atomic E-state index is 0.0263. The topological polar surface area (TPSA) is 109 Å². The average molecular weight is 274 g/mol. The van der Waals surface area contributed by atoms with Gasteiger partial charge in [0.2, 0.25) is 11.5 Å². The standard InChI is InChI=1S/C11H18N2O6/c1-5(14)13-6-7(16-2)8(17-3)11(10(12)15)4-18-9(6)19-11/h6-9H,4H2,1-3H3,(H2,12,15)(H,13,14)/t6-,7-,8-,9+,11+/m1/s1. The van der Waals surface area contributed by atoms with Gasteiger partial charge in [0.05, 0.1) is 6.61 Å². The number of nitrogens with two attached hydrogens (primary N) is 1. The maximum absolute atomic E-state index is 11.7. The van der Waals surface area contributed by atoms with E-state index in [0.717, 1.165) is 0 Å². The molecule has 2 amide bonds. The van der Waals surface area contributed by atoms with Crippen molar-refractivity contribution in [3.05, 3.63) is 0 Å². The molecule has 3 N–H and O–H groups in total. The number of carbonyl (C=O) groups is 2. The number of hydrogen-bond acceptors (Lipinski definition) is 6. The molecule has 0 unspecified atom stereocenters. The molecule has 2 aliphatic heterocycles. The molecular formula is C11H18N2O6.